The average Bonchev–Trinajstić information content (AvgIpc) is 3.34. The number of rotatable bonds is 4. The molecular weight excluding hydrogens is 435 g/mol. The van der Waals surface area contributed by atoms with Crippen molar-refractivity contribution >= 4 is 34.9 Å². The Bertz CT molecular complexity index is 1340. The summed E-state index contributed by atoms with van der Waals surface area (Å²) in [6.45, 7) is 0. The summed E-state index contributed by atoms with van der Waals surface area (Å²) in [4.78, 5) is 42.3. The Morgan fingerprint density at radius 2 is 1.68 bits per heavy atom. The number of imide groups is 1. The van der Waals surface area contributed by atoms with Crippen LogP contribution in [0.2, 0.25) is 0 Å². The summed E-state index contributed by atoms with van der Waals surface area (Å²) in [5, 5.41) is 7.59. The van der Waals surface area contributed by atoms with Crippen LogP contribution in [0, 0.1) is 5.82 Å². The zero-order valence-electron chi connectivity index (χ0n) is 18.0. The number of nitrogens with zero attached hydrogens (tertiary/aromatic N) is 1. The molecule has 1 heterocycles. The third kappa shape index (κ3) is 4.30. The molecule has 1 saturated heterocycles. The van der Waals surface area contributed by atoms with E-state index in [2.05, 4.69) is 22.0 Å². The number of anilines is 2. The van der Waals surface area contributed by atoms with Crippen LogP contribution in [-0.4, -0.2) is 23.6 Å². The summed E-state index contributed by atoms with van der Waals surface area (Å²) in [5.74, 6) is -2.28. The number of fused-ring (bicyclic) bond motifs is 1. The van der Waals surface area contributed by atoms with Crippen molar-refractivity contribution in [3.05, 3.63) is 95.3 Å². The van der Waals surface area contributed by atoms with Crippen LogP contribution in [0.15, 0.2) is 77.8 Å². The summed E-state index contributed by atoms with van der Waals surface area (Å²) in [7, 11) is 0. The SMILES string of the molecule is O=C(Nc1cccc(F)c1)Nc1cccc(C2C(=O)NC(=O)C2=NC2CCc3ccccc32)c1. The molecule has 7 nitrogen and oxygen atoms in total. The minimum atomic E-state index is -0.867. The van der Waals surface area contributed by atoms with E-state index in [1.165, 1.54) is 23.8 Å². The van der Waals surface area contributed by atoms with Crippen molar-refractivity contribution in [1.82, 2.24) is 5.32 Å². The molecule has 2 aliphatic rings. The van der Waals surface area contributed by atoms with Crippen molar-refractivity contribution in [2.24, 2.45) is 4.99 Å². The summed E-state index contributed by atoms with van der Waals surface area (Å²) in [6.07, 6.45) is 1.65. The van der Waals surface area contributed by atoms with Gasteiger partial charge in [0.25, 0.3) is 5.91 Å². The normalized spacial score (nSPS) is 20.2. The number of halogens is 1. The Morgan fingerprint density at radius 1 is 0.941 bits per heavy atom. The smallest absolute Gasteiger partial charge is 0.308 e. The maximum Gasteiger partial charge on any atom is 0.323 e. The van der Waals surface area contributed by atoms with Gasteiger partial charge in [0.15, 0.2) is 0 Å². The van der Waals surface area contributed by atoms with E-state index in [0.29, 0.717) is 16.9 Å². The summed E-state index contributed by atoms with van der Waals surface area (Å²) < 4.78 is 13.4. The first-order valence-corrected chi connectivity index (χ1v) is 10.9. The number of aliphatic imine (C=N–C) groups is 1. The Labute approximate surface area is 195 Å². The Balaban J connectivity index is 1.38. The van der Waals surface area contributed by atoms with Crippen LogP contribution in [-0.2, 0) is 16.0 Å². The van der Waals surface area contributed by atoms with Crippen LogP contribution in [0.25, 0.3) is 0 Å². The van der Waals surface area contributed by atoms with E-state index in [1.54, 1.807) is 30.3 Å². The minimum absolute atomic E-state index is 0.174. The van der Waals surface area contributed by atoms with Gasteiger partial charge in [-0.2, -0.15) is 0 Å². The third-order valence-corrected chi connectivity index (χ3v) is 5.96. The Hall–Kier alpha value is -4.33. The fourth-order valence-electron chi connectivity index (χ4n) is 4.44. The quantitative estimate of drug-likeness (QED) is 0.509. The molecule has 3 N–H and O–H groups in total. The molecule has 1 fully saturated rings. The summed E-state index contributed by atoms with van der Waals surface area (Å²) >= 11 is 0. The number of amides is 4. The minimum Gasteiger partial charge on any atom is -0.308 e. The Kier molecular flexibility index (Phi) is 5.63. The highest BCUT2D eigenvalue weighted by molar-refractivity contribution is 6.52. The number of urea groups is 1. The van der Waals surface area contributed by atoms with Crippen LogP contribution in [0.3, 0.4) is 0 Å². The van der Waals surface area contributed by atoms with Gasteiger partial charge in [-0.25, -0.2) is 9.18 Å². The molecule has 0 saturated carbocycles. The zero-order chi connectivity index (χ0) is 23.7. The zero-order valence-corrected chi connectivity index (χ0v) is 18.0. The van der Waals surface area contributed by atoms with Gasteiger partial charge in [-0.1, -0.05) is 42.5 Å². The van der Waals surface area contributed by atoms with E-state index < -0.39 is 29.6 Å². The van der Waals surface area contributed by atoms with Gasteiger partial charge < -0.3 is 10.6 Å². The summed E-state index contributed by atoms with van der Waals surface area (Å²) in [6, 6.07) is 19.5. The second kappa shape index (κ2) is 8.90. The van der Waals surface area contributed by atoms with Crippen molar-refractivity contribution in [1.29, 1.82) is 0 Å². The molecule has 0 bridgehead atoms. The molecule has 0 aromatic heterocycles. The highest BCUT2D eigenvalue weighted by atomic mass is 19.1. The third-order valence-electron chi connectivity index (χ3n) is 5.96. The maximum absolute atomic E-state index is 13.4. The van der Waals surface area contributed by atoms with Crippen molar-refractivity contribution in [2.45, 2.75) is 24.8 Å². The lowest BCUT2D eigenvalue weighted by molar-refractivity contribution is -0.124. The molecule has 3 aromatic carbocycles. The van der Waals surface area contributed by atoms with Gasteiger partial charge in [0.1, 0.15) is 17.4 Å². The average molecular weight is 456 g/mol. The second-order valence-electron chi connectivity index (χ2n) is 8.23. The first kappa shape index (κ1) is 21.5. The molecule has 170 valence electrons. The molecule has 2 atom stereocenters. The van der Waals surface area contributed by atoms with Gasteiger partial charge in [-0.3, -0.25) is 19.9 Å². The predicted molar refractivity (Wildman–Crippen MR) is 126 cm³/mol. The summed E-state index contributed by atoms with van der Waals surface area (Å²) in [5.41, 5.74) is 3.72. The maximum atomic E-state index is 13.4. The van der Waals surface area contributed by atoms with Crippen LogP contribution >= 0.6 is 0 Å². The van der Waals surface area contributed by atoms with Crippen LogP contribution in [0.4, 0.5) is 20.6 Å². The number of carbonyl (C=O) groups excluding carboxylic acids is 3. The first-order chi connectivity index (χ1) is 16.5. The van der Waals surface area contributed by atoms with Crippen LogP contribution < -0.4 is 16.0 Å². The van der Waals surface area contributed by atoms with E-state index in [4.69, 9.17) is 4.99 Å². The molecule has 0 radical (unpaired) electrons. The first-order valence-electron chi connectivity index (χ1n) is 10.9. The van der Waals surface area contributed by atoms with Crippen LogP contribution in [0.5, 0.6) is 0 Å². The van der Waals surface area contributed by atoms with E-state index in [0.717, 1.165) is 18.4 Å². The van der Waals surface area contributed by atoms with Crippen LogP contribution in [0.1, 0.15) is 35.1 Å². The van der Waals surface area contributed by atoms with Gasteiger partial charge in [-0.15, -0.1) is 0 Å². The number of nitrogens with one attached hydrogen (secondary N) is 3. The van der Waals surface area contributed by atoms with E-state index in [1.807, 2.05) is 18.2 Å². The van der Waals surface area contributed by atoms with E-state index in [9.17, 15) is 18.8 Å². The molecule has 34 heavy (non-hydrogen) atoms. The molecular formula is C26H21FN4O3. The van der Waals surface area contributed by atoms with Gasteiger partial charge in [0.2, 0.25) is 5.91 Å². The highest BCUT2D eigenvalue weighted by Gasteiger charge is 2.40. The van der Waals surface area contributed by atoms with Gasteiger partial charge in [0.05, 0.1) is 6.04 Å². The largest absolute Gasteiger partial charge is 0.323 e. The second-order valence-corrected chi connectivity index (χ2v) is 8.23. The molecule has 8 heteroatoms. The predicted octanol–water partition coefficient (Wildman–Crippen LogP) is 4.34. The van der Waals surface area contributed by atoms with Crippen molar-refractivity contribution in [3.63, 3.8) is 0 Å². The molecule has 2 unspecified atom stereocenters. The molecule has 3 aromatic rings. The molecule has 4 amide bonds. The monoisotopic (exact) mass is 456 g/mol. The van der Waals surface area contributed by atoms with Gasteiger partial charge in [0, 0.05) is 11.4 Å². The Morgan fingerprint density at radius 3 is 2.47 bits per heavy atom. The van der Waals surface area contributed by atoms with Crippen molar-refractivity contribution in [2.75, 3.05) is 10.6 Å². The molecule has 1 aliphatic heterocycles. The topological polar surface area (TPSA) is 99.7 Å². The molecule has 5 rings (SSSR count). The lowest BCUT2D eigenvalue weighted by Gasteiger charge is -2.13. The van der Waals surface area contributed by atoms with E-state index in [-0.39, 0.29) is 11.8 Å². The fraction of sp³-hybridized carbons (Fsp3) is 0.154. The van der Waals surface area contributed by atoms with Crippen molar-refractivity contribution in [3.8, 4) is 0 Å². The van der Waals surface area contributed by atoms with Gasteiger partial charge in [-0.05, 0) is 59.9 Å². The van der Waals surface area contributed by atoms with Crippen molar-refractivity contribution < 1.29 is 18.8 Å². The molecule has 0 spiro atoms. The standard InChI is InChI=1S/C26H21FN4O3/c27-17-7-4-9-19(14-17)29-26(34)28-18-8-3-6-16(13-18)22-23(25(33)31-24(22)32)30-21-12-11-15-5-1-2-10-20(15)21/h1-10,13-14,21-22H,11-12H2,(H2,28,29,34)(H,31,32,33). The number of aryl methyl sites for hydroxylation is 1. The lowest BCUT2D eigenvalue weighted by Crippen LogP contribution is -2.22. The highest BCUT2D eigenvalue weighted by Crippen LogP contribution is 2.36. The fourth-order valence-corrected chi connectivity index (χ4v) is 4.44. The van der Waals surface area contributed by atoms with Gasteiger partial charge >= 0.3 is 6.03 Å². The lowest BCUT2D eigenvalue weighted by atomic mass is 9.95. The number of hydrogen-bond acceptors (Lipinski definition) is 4. The molecule has 1 aliphatic carbocycles. The number of benzene rings is 3. The van der Waals surface area contributed by atoms with E-state index >= 15 is 0 Å². The number of carbonyl (C=O) groups is 3. The number of hydrogen-bond donors (Lipinski definition) is 3.